The van der Waals surface area contributed by atoms with Crippen molar-refractivity contribution in [3.8, 4) is 5.75 Å². The molecule has 8 heteroatoms. The van der Waals surface area contributed by atoms with Gasteiger partial charge in [-0.1, -0.05) is 38.4 Å². The molecule has 0 bridgehead atoms. The van der Waals surface area contributed by atoms with Crippen LogP contribution in [0.2, 0.25) is 5.02 Å². The fourth-order valence-corrected chi connectivity index (χ4v) is 4.38. The number of ether oxygens (including phenoxy) is 1. The summed E-state index contributed by atoms with van der Waals surface area (Å²) in [5.74, 6) is -0.122. The van der Waals surface area contributed by atoms with Crippen molar-refractivity contribution in [2.75, 3.05) is 19.0 Å². The van der Waals surface area contributed by atoms with Gasteiger partial charge >= 0.3 is 0 Å². The fraction of sp³-hybridized carbons (Fsp3) is 0.286. The smallest absolute Gasteiger partial charge is 0.252 e. The topological polar surface area (TPSA) is 107 Å². The largest absolute Gasteiger partial charge is 0.496 e. The summed E-state index contributed by atoms with van der Waals surface area (Å²) >= 11 is 6.54. The maximum absolute atomic E-state index is 12.7. The number of aromatic nitrogens is 1. The van der Waals surface area contributed by atoms with Gasteiger partial charge in [0.15, 0.2) is 0 Å². The van der Waals surface area contributed by atoms with E-state index in [1.54, 1.807) is 30.5 Å². The van der Waals surface area contributed by atoms with Crippen molar-refractivity contribution >= 4 is 51.3 Å². The molecule has 0 saturated carbocycles. The first kappa shape index (κ1) is 25.4. The van der Waals surface area contributed by atoms with Crippen LogP contribution < -0.4 is 15.8 Å². The third-order valence-electron chi connectivity index (χ3n) is 6.03. The standard InChI is InChI=1S/C28H29ClN4O3/c1-28(2,3)26-10-16(15-32-26)9-19(34)11-17-5-6-18(12-22(17)29)33-23-7-8-31-24-14-25(36-4)21(27(30)35)13-20(23)24/h5-8,10,12-14H,9,11,15H2,1-4H3,(H2,30,35)(H,31,33). The minimum atomic E-state index is -0.588. The zero-order valence-corrected chi connectivity index (χ0v) is 21.6. The van der Waals surface area contributed by atoms with Crippen molar-refractivity contribution in [1.29, 1.82) is 0 Å². The van der Waals surface area contributed by atoms with E-state index in [4.69, 9.17) is 22.1 Å². The molecule has 7 nitrogen and oxygen atoms in total. The summed E-state index contributed by atoms with van der Waals surface area (Å²) in [4.78, 5) is 33.5. The first-order valence-electron chi connectivity index (χ1n) is 11.6. The monoisotopic (exact) mass is 504 g/mol. The van der Waals surface area contributed by atoms with Crippen LogP contribution in [0.4, 0.5) is 11.4 Å². The average Bonchev–Trinajstić information content (AvgIpc) is 3.29. The van der Waals surface area contributed by atoms with Crippen LogP contribution in [0.25, 0.3) is 10.9 Å². The number of carbonyl (C=O) groups is 2. The molecule has 1 amide bonds. The van der Waals surface area contributed by atoms with Crippen LogP contribution in [0.3, 0.4) is 0 Å². The van der Waals surface area contributed by atoms with Crippen molar-refractivity contribution in [3.63, 3.8) is 0 Å². The number of halogens is 1. The number of primary amides is 1. The first-order chi connectivity index (χ1) is 17.0. The van der Waals surface area contributed by atoms with Crippen LogP contribution in [-0.2, 0) is 11.2 Å². The highest BCUT2D eigenvalue weighted by Gasteiger charge is 2.22. The summed E-state index contributed by atoms with van der Waals surface area (Å²) < 4.78 is 5.28. The zero-order chi connectivity index (χ0) is 26.0. The lowest BCUT2D eigenvalue weighted by molar-refractivity contribution is -0.117. The molecular weight excluding hydrogens is 476 g/mol. The number of hydrogen-bond donors (Lipinski definition) is 2. The van der Waals surface area contributed by atoms with Crippen LogP contribution in [0, 0.1) is 5.41 Å². The molecule has 2 aromatic carbocycles. The van der Waals surface area contributed by atoms with E-state index in [-0.39, 0.29) is 23.2 Å². The number of aliphatic imine (C=N–C) groups is 1. The normalized spacial score (nSPS) is 13.4. The Morgan fingerprint density at radius 1 is 1.14 bits per heavy atom. The molecule has 0 spiro atoms. The number of ketones is 1. The summed E-state index contributed by atoms with van der Waals surface area (Å²) in [5, 5.41) is 4.53. The summed E-state index contributed by atoms with van der Waals surface area (Å²) in [6.45, 7) is 6.93. The molecule has 1 aliphatic heterocycles. The number of nitrogens with zero attached hydrogens (tertiary/aromatic N) is 2. The van der Waals surface area contributed by atoms with Gasteiger partial charge in [-0.15, -0.1) is 0 Å². The summed E-state index contributed by atoms with van der Waals surface area (Å²) in [5.41, 5.74) is 10.7. The van der Waals surface area contributed by atoms with Gasteiger partial charge in [0.1, 0.15) is 11.5 Å². The van der Waals surface area contributed by atoms with Gasteiger partial charge in [0.05, 0.1) is 24.7 Å². The molecule has 186 valence electrons. The van der Waals surface area contributed by atoms with Crippen LogP contribution in [0.15, 0.2) is 59.2 Å². The van der Waals surface area contributed by atoms with Gasteiger partial charge in [0, 0.05) is 58.0 Å². The SMILES string of the molecule is COc1cc2nccc(Nc3ccc(CC(=O)CC4=CC(C(C)(C)C)=NC4)c(Cl)c3)c2cc1C(N)=O. The van der Waals surface area contributed by atoms with Gasteiger partial charge in [-0.25, -0.2) is 0 Å². The highest BCUT2D eigenvalue weighted by Crippen LogP contribution is 2.32. The third-order valence-corrected chi connectivity index (χ3v) is 6.39. The molecule has 3 N–H and O–H groups in total. The van der Waals surface area contributed by atoms with E-state index in [2.05, 4.69) is 36.1 Å². The van der Waals surface area contributed by atoms with Crippen molar-refractivity contribution in [3.05, 3.63) is 70.4 Å². The number of benzene rings is 2. The Labute approximate surface area is 215 Å². The Kier molecular flexibility index (Phi) is 7.13. The Balaban J connectivity index is 1.49. The molecule has 2 heterocycles. The molecule has 0 saturated heterocycles. The van der Waals surface area contributed by atoms with E-state index in [1.807, 2.05) is 18.2 Å². The van der Waals surface area contributed by atoms with Gasteiger partial charge in [0.25, 0.3) is 5.91 Å². The summed E-state index contributed by atoms with van der Waals surface area (Å²) in [6, 6.07) is 10.6. The number of Topliss-reactive ketones (excluding diaryl/α,β-unsaturated/α-hetero) is 1. The first-order valence-corrected chi connectivity index (χ1v) is 12.0. The van der Waals surface area contributed by atoms with Gasteiger partial charge in [-0.3, -0.25) is 19.6 Å². The van der Waals surface area contributed by atoms with E-state index in [0.29, 0.717) is 34.6 Å². The van der Waals surface area contributed by atoms with Crippen LogP contribution in [0.1, 0.15) is 43.1 Å². The highest BCUT2D eigenvalue weighted by atomic mass is 35.5. The third kappa shape index (κ3) is 5.57. The van der Waals surface area contributed by atoms with Crippen LogP contribution in [-0.4, -0.2) is 36.0 Å². The van der Waals surface area contributed by atoms with Gasteiger partial charge in [-0.05, 0) is 41.5 Å². The molecule has 36 heavy (non-hydrogen) atoms. The number of pyridine rings is 1. The Morgan fingerprint density at radius 3 is 2.56 bits per heavy atom. The zero-order valence-electron chi connectivity index (χ0n) is 20.8. The number of rotatable bonds is 8. The lowest BCUT2D eigenvalue weighted by Gasteiger charge is -2.16. The molecule has 0 fully saturated rings. The second kappa shape index (κ2) is 10.1. The predicted octanol–water partition coefficient (Wildman–Crippen LogP) is 5.67. The lowest BCUT2D eigenvalue weighted by atomic mass is 9.89. The number of hydrogen-bond acceptors (Lipinski definition) is 6. The molecule has 3 aromatic rings. The number of fused-ring (bicyclic) bond motifs is 1. The number of amides is 1. The van der Waals surface area contributed by atoms with Crippen LogP contribution >= 0.6 is 11.6 Å². The predicted molar refractivity (Wildman–Crippen MR) is 145 cm³/mol. The highest BCUT2D eigenvalue weighted by molar-refractivity contribution is 6.31. The van der Waals surface area contributed by atoms with E-state index in [9.17, 15) is 9.59 Å². The number of nitrogens with one attached hydrogen (secondary N) is 1. The number of carbonyl (C=O) groups excluding carboxylic acids is 2. The van der Waals surface area contributed by atoms with E-state index in [0.717, 1.165) is 28.2 Å². The van der Waals surface area contributed by atoms with E-state index >= 15 is 0 Å². The summed E-state index contributed by atoms with van der Waals surface area (Å²) in [7, 11) is 1.48. The molecule has 1 aromatic heterocycles. The number of anilines is 2. The molecule has 0 aliphatic carbocycles. The minimum absolute atomic E-state index is 0.0233. The Hall–Kier alpha value is -3.71. The van der Waals surface area contributed by atoms with Gasteiger partial charge in [0.2, 0.25) is 0 Å². The van der Waals surface area contributed by atoms with Crippen molar-refractivity contribution < 1.29 is 14.3 Å². The van der Waals surface area contributed by atoms with Crippen molar-refractivity contribution in [2.45, 2.75) is 33.6 Å². The molecular formula is C28H29ClN4O3. The van der Waals surface area contributed by atoms with Crippen molar-refractivity contribution in [2.24, 2.45) is 16.1 Å². The minimum Gasteiger partial charge on any atom is -0.496 e. The van der Waals surface area contributed by atoms with Gasteiger partial charge < -0.3 is 15.8 Å². The molecule has 4 rings (SSSR count). The Morgan fingerprint density at radius 2 is 1.92 bits per heavy atom. The maximum Gasteiger partial charge on any atom is 0.252 e. The molecule has 0 radical (unpaired) electrons. The van der Waals surface area contributed by atoms with Crippen molar-refractivity contribution in [1.82, 2.24) is 4.98 Å². The van der Waals surface area contributed by atoms with Gasteiger partial charge in [-0.2, -0.15) is 0 Å². The maximum atomic E-state index is 12.7. The second-order valence-corrected chi connectivity index (χ2v) is 10.3. The molecule has 1 aliphatic rings. The fourth-order valence-electron chi connectivity index (χ4n) is 4.13. The summed E-state index contributed by atoms with van der Waals surface area (Å²) in [6.07, 6.45) is 4.33. The lowest BCUT2D eigenvalue weighted by Crippen LogP contribution is -2.16. The molecule has 0 unspecified atom stereocenters. The number of methoxy groups -OCH3 is 1. The average molecular weight is 505 g/mol. The van der Waals surface area contributed by atoms with Crippen LogP contribution in [0.5, 0.6) is 5.75 Å². The van der Waals surface area contributed by atoms with E-state index in [1.165, 1.54) is 7.11 Å². The second-order valence-electron chi connectivity index (χ2n) is 9.87. The Bertz CT molecular complexity index is 1420. The number of nitrogens with two attached hydrogens (primary N) is 1. The number of allylic oxidation sites excluding steroid dienone is 1. The quantitative estimate of drug-likeness (QED) is 0.411. The van der Waals surface area contributed by atoms with E-state index < -0.39 is 5.91 Å². The molecule has 0 atom stereocenters.